The van der Waals surface area contributed by atoms with Gasteiger partial charge in [-0.15, -0.1) is 11.3 Å². The van der Waals surface area contributed by atoms with Crippen LogP contribution in [0.25, 0.3) is 10.6 Å². The van der Waals surface area contributed by atoms with Gasteiger partial charge in [0.2, 0.25) is 5.91 Å². The van der Waals surface area contributed by atoms with Gasteiger partial charge in [-0.2, -0.15) is 11.3 Å². The van der Waals surface area contributed by atoms with Crippen molar-refractivity contribution in [3.63, 3.8) is 0 Å². The lowest BCUT2D eigenvalue weighted by Crippen LogP contribution is -2.31. The van der Waals surface area contributed by atoms with Crippen molar-refractivity contribution in [2.45, 2.75) is 6.42 Å². The van der Waals surface area contributed by atoms with Gasteiger partial charge in [-0.05, 0) is 11.4 Å². The molecule has 0 unspecified atom stereocenters. The van der Waals surface area contributed by atoms with Crippen molar-refractivity contribution in [2.24, 2.45) is 5.84 Å². The summed E-state index contributed by atoms with van der Waals surface area (Å²) < 4.78 is 0. The highest BCUT2D eigenvalue weighted by Gasteiger charge is 2.07. The van der Waals surface area contributed by atoms with Crippen LogP contribution in [0.4, 0.5) is 0 Å². The molecule has 0 aliphatic rings. The predicted molar refractivity (Wildman–Crippen MR) is 61.5 cm³/mol. The molecule has 0 atom stereocenters. The normalized spacial score (nSPS) is 10.2. The lowest BCUT2D eigenvalue weighted by Gasteiger charge is -1.94. The Bertz CT molecular complexity index is 450. The molecule has 6 heteroatoms. The second-order valence-electron chi connectivity index (χ2n) is 2.90. The van der Waals surface area contributed by atoms with Crippen molar-refractivity contribution < 1.29 is 4.79 Å². The van der Waals surface area contributed by atoms with Gasteiger partial charge in [0.25, 0.3) is 0 Å². The lowest BCUT2D eigenvalue weighted by atomic mass is 10.3. The molecule has 0 aromatic carbocycles. The molecule has 2 aromatic rings. The molecule has 0 spiro atoms. The molecule has 0 bridgehead atoms. The average Bonchev–Trinajstić information content (AvgIpc) is 2.85. The molecular weight excluding hydrogens is 230 g/mol. The fraction of sp³-hybridized carbons (Fsp3) is 0.111. The van der Waals surface area contributed by atoms with Crippen LogP contribution in [-0.2, 0) is 11.2 Å². The highest BCUT2D eigenvalue weighted by molar-refractivity contribution is 7.14. The third-order valence-electron chi connectivity index (χ3n) is 1.82. The zero-order valence-electron chi connectivity index (χ0n) is 7.77. The van der Waals surface area contributed by atoms with Gasteiger partial charge in [0, 0.05) is 16.3 Å². The van der Waals surface area contributed by atoms with Crippen LogP contribution in [0.5, 0.6) is 0 Å². The molecule has 15 heavy (non-hydrogen) atoms. The lowest BCUT2D eigenvalue weighted by molar-refractivity contribution is -0.120. The molecule has 0 aliphatic heterocycles. The summed E-state index contributed by atoms with van der Waals surface area (Å²) in [6, 6.07) is 2.01. The number of nitrogens with zero attached hydrogens (tertiary/aromatic N) is 1. The summed E-state index contributed by atoms with van der Waals surface area (Å²) >= 11 is 3.16. The summed E-state index contributed by atoms with van der Waals surface area (Å²) in [6.45, 7) is 0. The third kappa shape index (κ3) is 2.41. The van der Waals surface area contributed by atoms with Crippen LogP contribution in [0.1, 0.15) is 5.69 Å². The molecule has 0 saturated carbocycles. The van der Waals surface area contributed by atoms with Gasteiger partial charge in [-0.25, -0.2) is 10.8 Å². The maximum Gasteiger partial charge on any atom is 0.239 e. The SMILES string of the molecule is NNC(=O)Cc1csc(-c2ccsc2)n1. The van der Waals surface area contributed by atoms with Crippen molar-refractivity contribution in [3.05, 3.63) is 27.9 Å². The van der Waals surface area contributed by atoms with Gasteiger partial charge in [-0.1, -0.05) is 0 Å². The number of carbonyl (C=O) groups excluding carboxylic acids is 1. The molecule has 0 saturated heterocycles. The van der Waals surface area contributed by atoms with E-state index in [1.165, 1.54) is 11.3 Å². The molecular formula is C9H9N3OS2. The van der Waals surface area contributed by atoms with Crippen molar-refractivity contribution in [1.29, 1.82) is 0 Å². The first-order valence-corrected chi connectivity index (χ1v) is 6.08. The smallest absolute Gasteiger partial charge is 0.239 e. The zero-order chi connectivity index (χ0) is 10.7. The molecule has 1 amide bonds. The summed E-state index contributed by atoms with van der Waals surface area (Å²) in [4.78, 5) is 15.4. The third-order valence-corrected chi connectivity index (χ3v) is 3.45. The molecule has 0 aliphatic carbocycles. The summed E-state index contributed by atoms with van der Waals surface area (Å²) in [5.41, 5.74) is 3.94. The summed E-state index contributed by atoms with van der Waals surface area (Å²) in [5, 5.41) is 6.85. The molecule has 3 N–H and O–H groups in total. The number of carbonyl (C=O) groups is 1. The summed E-state index contributed by atoms with van der Waals surface area (Å²) in [5.74, 6) is 4.77. The van der Waals surface area contributed by atoms with E-state index in [4.69, 9.17) is 5.84 Å². The standard InChI is InChI=1S/C9H9N3OS2/c10-12-8(13)3-7-5-15-9(11-7)6-1-2-14-4-6/h1-2,4-5H,3,10H2,(H,12,13). The summed E-state index contributed by atoms with van der Waals surface area (Å²) in [7, 11) is 0. The number of aromatic nitrogens is 1. The number of nitrogens with two attached hydrogens (primary N) is 1. The van der Waals surface area contributed by atoms with E-state index in [0.29, 0.717) is 0 Å². The first-order valence-electron chi connectivity index (χ1n) is 4.26. The van der Waals surface area contributed by atoms with E-state index in [1.807, 2.05) is 22.2 Å². The van der Waals surface area contributed by atoms with Crippen molar-refractivity contribution in [2.75, 3.05) is 0 Å². The largest absolute Gasteiger partial charge is 0.294 e. The van der Waals surface area contributed by atoms with E-state index in [1.54, 1.807) is 11.3 Å². The molecule has 4 nitrogen and oxygen atoms in total. The van der Waals surface area contributed by atoms with E-state index in [-0.39, 0.29) is 12.3 Å². The first kappa shape index (κ1) is 10.3. The Morgan fingerprint density at radius 2 is 2.40 bits per heavy atom. The van der Waals surface area contributed by atoms with Crippen LogP contribution in [0.3, 0.4) is 0 Å². The second-order valence-corrected chi connectivity index (χ2v) is 4.54. The topological polar surface area (TPSA) is 68.0 Å². The second kappa shape index (κ2) is 4.52. The predicted octanol–water partition coefficient (Wildman–Crippen LogP) is 1.40. The highest BCUT2D eigenvalue weighted by Crippen LogP contribution is 2.25. The van der Waals surface area contributed by atoms with Gasteiger partial charge < -0.3 is 0 Å². The maximum absolute atomic E-state index is 11.0. The van der Waals surface area contributed by atoms with Gasteiger partial charge >= 0.3 is 0 Å². The van der Waals surface area contributed by atoms with Crippen LogP contribution in [0.15, 0.2) is 22.2 Å². The number of amides is 1. The number of thiazole rings is 1. The molecule has 0 fully saturated rings. The minimum atomic E-state index is -0.225. The maximum atomic E-state index is 11.0. The molecule has 2 rings (SSSR count). The molecule has 2 heterocycles. The number of hydrogen-bond donors (Lipinski definition) is 2. The van der Waals surface area contributed by atoms with E-state index >= 15 is 0 Å². The zero-order valence-corrected chi connectivity index (χ0v) is 9.40. The quantitative estimate of drug-likeness (QED) is 0.483. The number of hydrogen-bond acceptors (Lipinski definition) is 5. The van der Waals surface area contributed by atoms with Crippen molar-refractivity contribution in [1.82, 2.24) is 10.4 Å². The van der Waals surface area contributed by atoms with Crippen LogP contribution in [-0.4, -0.2) is 10.9 Å². The van der Waals surface area contributed by atoms with Crippen LogP contribution in [0, 0.1) is 0 Å². The van der Waals surface area contributed by atoms with E-state index < -0.39 is 0 Å². The van der Waals surface area contributed by atoms with Crippen LogP contribution >= 0.6 is 22.7 Å². The van der Waals surface area contributed by atoms with E-state index in [2.05, 4.69) is 10.4 Å². The monoisotopic (exact) mass is 239 g/mol. The average molecular weight is 239 g/mol. The number of hydrazine groups is 1. The van der Waals surface area contributed by atoms with E-state index in [9.17, 15) is 4.79 Å². The Kier molecular flexibility index (Phi) is 3.10. The number of nitrogens with one attached hydrogen (secondary N) is 1. The van der Waals surface area contributed by atoms with Crippen LogP contribution < -0.4 is 11.3 Å². The van der Waals surface area contributed by atoms with Gasteiger partial charge in [0.1, 0.15) is 5.01 Å². The fourth-order valence-electron chi connectivity index (χ4n) is 1.12. The van der Waals surface area contributed by atoms with Crippen molar-refractivity contribution >= 4 is 28.6 Å². The van der Waals surface area contributed by atoms with Crippen LogP contribution in [0.2, 0.25) is 0 Å². The number of thiophene rings is 1. The van der Waals surface area contributed by atoms with Gasteiger partial charge in [0.15, 0.2) is 0 Å². The molecule has 2 aromatic heterocycles. The Labute approximate surface area is 94.7 Å². The van der Waals surface area contributed by atoms with Gasteiger partial charge in [0.05, 0.1) is 12.1 Å². The Balaban J connectivity index is 2.14. The minimum absolute atomic E-state index is 0.225. The summed E-state index contributed by atoms with van der Waals surface area (Å²) in [6.07, 6.45) is 0.233. The number of rotatable bonds is 3. The van der Waals surface area contributed by atoms with E-state index in [0.717, 1.165) is 16.3 Å². The Hall–Kier alpha value is -1.24. The highest BCUT2D eigenvalue weighted by atomic mass is 32.1. The fourth-order valence-corrected chi connectivity index (χ4v) is 2.65. The van der Waals surface area contributed by atoms with Crippen molar-refractivity contribution in [3.8, 4) is 10.6 Å². The van der Waals surface area contributed by atoms with Gasteiger partial charge in [-0.3, -0.25) is 10.2 Å². The molecule has 0 radical (unpaired) electrons. The Morgan fingerprint density at radius 3 is 3.07 bits per heavy atom. The molecule has 78 valence electrons. The first-order chi connectivity index (χ1) is 7.29. The minimum Gasteiger partial charge on any atom is -0.294 e. The Morgan fingerprint density at radius 1 is 1.53 bits per heavy atom.